The van der Waals surface area contributed by atoms with E-state index >= 15 is 0 Å². The number of hydrogen-bond acceptors (Lipinski definition) is 3. The zero-order chi connectivity index (χ0) is 17.1. The molecule has 0 atom stereocenters. The van der Waals surface area contributed by atoms with Gasteiger partial charge in [-0.1, -0.05) is 36.8 Å². The van der Waals surface area contributed by atoms with Gasteiger partial charge in [-0.05, 0) is 49.6 Å². The number of rotatable bonds is 4. The molecule has 24 heavy (non-hydrogen) atoms. The van der Waals surface area contributed by atoms with Gasteiger partial charge in [-0.3, -0.25) is 10.1 Å². The van der Waals surface area contributed by atoms with Gasteiger partial charge in [0.2, 0.25) is 0 Å². The Morgan fingerprint density at radius 1 is 1.12 bits per heavy atom. The van der Waals surface area contributed by atoms with Crippen LogP contribution in [0.15, 0.2) is 47.8 Å². The van der Waals surface area contributed by atoms with Gasteiger partial charge >= 0.3 is 0 Å². The number of benzene rings is 2. The van der Waals surface area contributed by atoms with Crippen molar-refractivity contribution in [3.8, 4) is 11.3 Å². The quantitative estimate of drug-likeness (QED) is 0.708. The number of carbonyl (C=O) groups excluding carboxylic acids is 1. The Labute approximate surface area is 146 Å². The number of aryl methyl sites for hydroxylation is 3. The molecule has 0 bridgehead atoms. The first kappa shape index (κ1) is 16.4. The van der Waals surface area contributed by atoms with Crippen LogP contribution in [0.4, 0.5) is 5.13 Å². The van der Waals surface area contributed by atoms with Gasteiger partial charge < -0.3 is 0 Å². The fraction of sp³-hybridized carbons (Fsp3) is 0.200. The highest BCUT2D eigenvalue weighted by molar-refractivity contribution is 7.14. The average Bonchev–Trinajstić information content (AvgIpc) is 3.05. The summed E-state index contributed by atoms with van der Waals surface area (Å²) in [5, 5.41) is 5.49. The second-order valence-electron chi connectivity index (χ2n) is 5.86. The molecule has 1 N–H and O–H groups in total. The third-order valence-corrected chi connectivity index (χ3v) is 4.78. The minimum Gasteiger partial charge on any atom is -0.298 e. The number of hydrogen-bond donors (Lipinski definition) is 1. The lowest BCUT2D eigenvalue weighted by Gasteiger charge is -2.04. The molecule has 3 rings (SSSR count). The summed E-state index contributed by atoms with van der Waals surface area (Å²) >= 11 is 1.45. The summed E-state index contributed by atoms with van der Waals surface area (Å²) in [5.74, 6) is -0.125. The summed E-state index contributed by atoms with van der Waals surface area (Å²) in [6.07, 6.45) is 0.966. The molecular formula is C20H20N2OS. The Balaban J connectivity index is 1.78. The number of nitrogens with zero attached hydrogens (tertiary/aromatic N) is 1. The van der Waals surface area contributed by atoms with Gasteiger partial charge in [-0.2, -0.15) is 0 Å². The topological polar surface area (TPSA) is 42.0 Å². The van der Waals surface area contributed by atoms with Crippen LogP contribution < -0.4 is 5.32 Å². The minimum absolute atomic E-state index is 0.125. The number of anilines is 1. The molecule has 0 aliphatic heterocycles. The van der Waals surface area contributed by atoms with Gasteiger partial charge in [-0.15, -0.1) is 11.3 Å². The van der Waals surface area contributed by atoms with E-state index in [0.29, 0.717) is 10.7 Å². The predicted molar refractivity (Wildman–Crippen MR) is 101 cm³/mol. The standard InChI is InChI=1S/C20H20N2OS/c1-4-15-7-9-16(10-8-15)19(23)22-20-21-18(12-24-20)17-11-13(2)5-6-14(17)3/h5-12H,4H2,1-3H3,(H,21,22,23). The third kappa shape index (κ3) is 3.54. The maximum Gasteiger partial charge on any atom is 0.257 e. The maximum atomic E-state index is 12.3. The predicted octanol–water partition coefficient (Wildman–Crippen LogP) is 5.24. The summed E-state index contributed by atoms with van der Waals surface area (Å²) in [6, 6.07) is 14.0. The van der Waals surface area contributed by atoms with Gasteiger partial charge in [0.1, 0.15) is 0 Å². The van der Waals surface area contributed by atoms with Crippen molar-refractivity contribution in [3.05, 3.63) is 70.1 Å². The van der Waals surface area contributed by atoms with Crippen LogP contribution in [0.3, 0.4) is 0 Å². The molecular weight excluding hydrogens is 316 g/mol. The number of nitrogens with one attached hydrogen (secondary N) is 1. The van der Waals surface area contributed by atoms with Gasteiger partial charge in [0.25, 0.3) is 5.91 Å². The molecule has 3 nitrogen and oxygen atoms in total. The molecule has 1 amide bonds. The summed E-state index contributed by atoms with van der Waals surface area (Å²) in [5.41, 5.74) is 6.26. The van der Waals surface area contributed by atoms with Crippen molar-refractivity contribution in [2.45, 2.75) is 27.2 Å². The van der Waals surface area contributed by atoms with E-state index in [1.54, 1.807) is 0 Å². The maximum absolute atomic E-state index is 12.3. The largest absolute Gasteiger partial charge is 0.298 e. The van der Waals surface area contributed by atoms with Gasteiger partial charge in [0.15, 0.2) is 5.13 Å². The summed E-state index contributed by atoms with van der Waals surface area (Å²) in [7, 11) is 0. The minimum atomic E-state index is -0.125. The molecule has 1 aromatic heterocycles. The van der Waals surface area contributed by atoms with Crippen molar-refractivity contribution in [2.75, 3.05) is 5.32 Å². The van der Waals surface area contributed by atoms with Crippen molar-refractivity contribution in [3.63, 3.8) is 0 Å². The number of amides is 1. The van der Waals surface area contributed by atoms with Crippen molar-refractivity contribution in [1.82, 2.24) is 4.98 Å². The molecule has 122 valence electrons. The molecule has 0 unspecified atom stereocenters. The first-order chi connectivity index (χ1) is 11.6. The van der Waals surface area contributed by atoms with E-state index in [1.807, 2.05) is 29.6 Å². The highest BCUT2D eigenvalue weighted by atomic mass is 32.1. The molecule has 0 aliphatic rings. The van der Waals surface area contributed by atoms with Crippen LogP contribution in [0, 0.1) is 13.8 Å². The van der Waals surface area contributed by atoms with Crippen LogP contribution >= 0.6 is 11.3 Å². The molecule has 0 radical (unpaired) electrons. The Kier molecular flexibility index (Phi) is 4.76. The van der Waals surface area contributed by atoms with Crippen LogP contribution in [0.1, 0.15) is 34.0 Å². The van der Waals surface area contributed by atoms with E-state index in [1.165, 1.54) is 28.0 Å². The molecule has 0 spiro atoms. The highest BCUT2D eigenvalue weighted by Crippen LogP contribution is 2.28. The van der Waals surface area contributed by atoms with Gasteiger partial charge in [0.05, 0.1) is 5.69 Å². The van der Waals surface area contributed by atoms with E-state index in [-0.39, 0.29) is 5.91 Å². The second kappa shape index (κ2) is 6.97. The second-order valence-corrected chi connectivity index (χ2v) is 6.72. The highest BCUT2D eigenvalue weighted by Gasteiger charge is 2.11. The molecule has 1 heterocycles. The lowest BCUT2D eigenvalue weighted by atomic mass is 10.0. The monoisotopic (exact) mass is 336 g/mol. The smallest absolute Gasteiger partial charge is 0.257 e. The van der Waals surface area contributed by atoms with E-state index < -0.39 is 0 Å². The van der Waals surface area contributed by atoms with E-state index in [9.17, 15) is 4.79 Å². The molecule has 4 heteroatoms. The number of carbonyl (C=O) groups is 1. The van der Waals surface area contributed by atoms with Crippen LogP contribution in [-0.4, -0.2) is 10.9 Å². The SMILES string of the molecule is CCc1ccc(C(=O)Nc2nc(-c3cc(C)ccc3C)cs2)cc1. The first-order valence-electron chi connectivity index (χ1n) is 8.00. The zero-order valence-corrected chi connectivity index (χ0v) is 14.9. The Hall–Kier alpha value is -2.46. The fourth-order valence-corrected chi connectivity index (χ4v) is 3.23. The lowest BCUT2D eigenvalue weighted by Crippen LogP contribution is -2.11. The normalized spacial score (nSPS) is 10.6. The van der Waals surface area contributed by atoms with E-state index in [0.717, 1.165) is 17.7 Å². The van der Waals surface area contributed by atoms with Crippen molar-refractivity contribution in [2.24, 2.45) is 0 Å². The van der Waals surface area contributed by atoms with E-state index in [4.69, 9.17) is 0 Å². The molecule has 0 fully saturated rings. The fourth-order valence-electron chi connectivity index (χ4n) is 2.53. The van der Waals surface area contributed by atoms with Crippen LogP contribution in [-0.2, 0) is 6.42 Å². The van der Waals surface area contributed by atoms with Crippen molar-refractivity contribution >= 4 is 22.4 Å². The van der Waals surface area contributed by atoms with Gasteiger partial charge in [-0.25, -0.2) is 4.98 Å². The summed E-state index contributed by atoms with van der Waals surface area (Å²) < 4.78 is 0. The Morgan fingerprint density at radius 3 is 2.58 bits per heavy atom. The molecule has 0 saturated heterocycles. The third-order valence-electron chi connectivity index (χ3n) is 4.02. The zero-order valence-electron chi connectivity index (χ0n) is 14.1. The Bertz CT molecular complexity index is 866. The first-order valence-corrected chi connectivity index (χ1v) is 8.88. The molecule has 0 saturated carbocycles. The van der Waals surface area contributed by atoms with Gasteiger partial charge in [0, 0.05) is 16.5 Å². The molecule has 3 aromatic rings. The van der Waals surface area contributed by atoms with Crippen LogP contribution in [0.2, 0.25) is 0 Å². The number of aromatic nitrogens is 1. The summed E-state index contributed by atoms with van der Waals surface area (Å²) in [4.78, 5) is 16.9. The molecule has 0 aliphatic carbocycles. The molecule has 2 aromatic carbocycles. The summed E-state index contributed by atoms with van der Waals surface area (Å²) in [6.45, 7) is 6.24. The van der Waals surface area contributed by atoms with Crippen molar-refractivity contribution in [1.29, 1.82) is 0 Å². The van der Waals surface area contributed by atoms with Crippen molar-refractivity contribution < 1.29 is 4.79 Å². The van der Waals surface area contributed by atoms with Crippen LogP contribution in [0.25, 0.3) is 11.3 Å². The van der Waals surface area contributed by atoms with Crippen LogP contribution in [0.5, 0.6) is 0 Å². The average molecular weight is 336 g/mol. The van der Waals surface area contributed by atoms with E-state index in [2.05, 4.69) is 49.3 Å². The Morgan fingerprint density at radius 2 is 1.88 bits per heavy atom. The number of thiazole rings is 1. The lowest BCUT2D eigenvalue weighted by molar-refractivity contribution is 0.102.